The maximum Gasteiger partial charge on any atom is 0.0645 e. The van der Waals surface area contributed by atoms with Crippen molar-refractivity contribution in [2.24, 2.45) is 0 Å². The molecule has 0 aromatic rings. The van der Waals surface area contributed by atoms with E-state index in [1.165, 1.54) is 0 Å². The van der Waals surface area contributed by atoms with Gasteiger partial charge >= 0.3 is 0 Å². The van der Waals surface area contributed by atoms with Gasteiger partial charge in [-0.05, 0) is 27.7 Å². The van der Waals surface area contributed by atoms with Gasteiger partial charge in [0.15, 0.2) is 0 Å². The molecule has 0 radical (unpaired) electrons. The van der Waals surface area contributed by atoms with Gasteiger partial charge in [0.05, 0.1) is 38.1 Å². The number of ether oxygens (including phenoxy) is 3. The highest BCUT2D eigenvalue weighted by Gasteiger charge is 2.10. The van der Waals surface area contributed by atoms with Crippen LogP contribution in [0.15, 0.2) is 0 Å². The fourth-order valence-electron chi connectivity index (χ4n) is 1.15. The van der Waals surface area contributed by atoms with Gasteiger partial charge in [-0.2, -0.15) is 0 Å². The second kappa shape index (κ2) is 10.0. The Bertz CT molecular complexity index is 139. The van der Waals surface area contributed by atoms with Crippen molar-refractivity contribution in [3.8, 4) is 0 Å². The second-order valence-electron chi connectivity index (χ2n) is 4.41. The molecule has 0 atom stereocenters. The minimum atomic E-state index is 0.236. The van der Waals surface area contributed by atoms with Crippen LogP contribution in [-0.2, 0) is 14.2 Å². The third kappa shape index (κ3) is 10.4. The summed E-state index contributed by atoms with van der Waals surface area (Å²) >= 11 is 0. The fourth-order valence-corrected chi connectivity index (χ4v) is 1.15. The fraction of sp³-hybridized carbons (Fsp3) is 1.00. The van der Waals surface area contributed by atoms with Gasteiger partial charge in [-0.15, -0.1) is 0 Å². The van der Waals surface area contributed by atoms with Crippen molar-refractivity contribution in [3.63, 3.8) is 0 Å². The molecule has 0 aliphatic carbocycles. The molecule has 0 saturated heterocycles. The average Bonchev–Trinajstić information content (AvgIpc) is 2.21. The molecule has 0 aliphatic rings. The molecule has 98 valence electrons. The molecule has 0 heterocycles. The van der Waals surface area contributed by atoms with Crippen LogP contribution in [0.3, 0.4) is 0 Å². The molecular formula is C12H27NO3. The summed E-state index contributed by atoms with van der Waals surface area (Å²) in [7, 11) is 1.70. The van der Waals surface area contributed by atoms with Crippen molar-refractivity contribution in [2.45, 2.75) is 45.9 Å². The lowest BCUT2D eigenvalue weighted by Gasteiger charge is -2.21. The zero-order chi connectivity index (χ0) is 12.4. The maximum absolute atomic E-state index is 5.58. The number of hydrogen-bond donors (Lipinski definition) is 1. The molecule has 0 unspecified atom stereocenters. The molecule has 0 aromatic heterocycles. The van der Waals surface area contributed by atoms with Gasteiger partial charge in [0.25, 0.3) is 0 Å². The lowest BCUT2D eigenvalue weighted by molar-refractivity contribution is 0.0101. The number of hydrogen-bond acceptors (Lipinski definition) is 4. The Morgan fingerprint density at radius 3 is 1.81 bits per heavy atom. The van der Waals surface area contributed by atoms with Gasteiger partial charge in [-0.25, -0.2) is 0 Å². The second-order valence-corrected chi connectivity index (χ2v) is 4.41. The van der Waals surface area contributed by atoms with Gasteiger partial charge in [0.2, 0.25) is 0 Å². The van der Waals surface area contributed by atoms with E-state index in [1.54, 1.807) is 7.11 Å². The standard InChI is InChI=1S/C12H27NO3/c1-10(2)15-8-12(9-16-11(3)4)13-6-7-14-5/h10-13H,6-9H2,1-5H3. The van der Waals surface area contributed by atoms with Crippen LogP contribution in [0, 0.1) is 0 Å². The highest BCUT2D eigenvalue weighted by molar-refractivity contribution is 4.66. The molecule has 0 fully saturated rings. The van der Waals surface area contributed by atoms with E-state index >= 15 is 0 Å². The van der Waals surface area contributed by atoms with Crippen LogP contribution in [-0.4, -0.2) is 51.7 Å². The first-order chi connectivity index (χ1) is 7.56. The van der Waals surface area contributed by atoms with E-state index in [0.717, 1.165) is 6.54 Å². The van der Waals surface area contributed by atoms with Crippen LogP contribution in [0.2, 0.25) is 0 Å². The van der Waals surface area contributed by atoms with Crippen molar-refractivity contribution in [3.05, 3.63) is 0 Å². The van der Waals surface area contributed by atoms with Crippen LogP contribution in [0.25, 0.3) is 0 Å². The third-order valence-corrected chi connectivity index (χ3v) is 2.00. The van der Waals surface area contributed by atoms with Crippen LogP contribution < -0.4 is 5.32 Å². The Balaban J connectivity index is 3.76. The Morgan fingerprint density at radius 2 is 1.44 bits per heavy atom. The predicted molar refractivity (Wildman–Crippen MR) is 65.8 cm³/mol. The zero-order valence-electron chi connectivity index (χ0n) is 11.3. The molecule has 0 rings (SSSR count). The summed E-state index contributed by atoms with van der Waals surface area (Å²) in [5, 5.41) is 3.36. The molecule has 0 saturated carbocycles. The average molecular weight is 233 g/mol. The van der Waals surface area contributed by atoms with E-state index in [9.17, 15) is 0 Å². The first-order valence-corrected chi connectivity index (χ1v) is 6.01. The molecule has 0 amide bonds. The van der Waals surface area contributed by atoms with Gasteiger partial charge in [-0.3, -0.25) is 0 Å². The Morgan fingerprint density at radius 1 is 0.938 bits per heavy atom. The van der Waals surface area contributed by atoms with Crippen LogP contribution in [0.1, 0.15) is 27.7 Å². The minimum absolute atomic E-state index is 0.236. The summed E-state index contributed by atoms with van der Waals surface area (Å²) in [5.74, 6) is 0. The lowest BCUT2D eigenvalue weighted by atomic mass is 10.3. The van der Waals surface area contributed by atoms with E-state index in [1.807, 2.05) is 27.7 Å². The summed E-state index contributed by atoms with van der Waals surface area (Å²) in [6.07, 6.45) is 0.511. The van der Waals surface area contributed by atoms with Crippen LogP contribution >= 0.6 is 0 Å². The molecule has 0 bridgehead atoms. The SMILES string of the molecule is COCCNC(COC(C)C)COC(C)C. The quantitative estimate of drug-likeness (QED) is 0.580. The highest BCUT2D eigenvalue weighted by atomic mass is 16.5. The van der Waals surface area contributed by atoms with Gasteiger partial charge in [0, 0.05) is 13.7 Å². The number of methoxy groups -OCH3 is 1. The smallest absolute Gasteiger partial charge is 0.0645 e. The topological polar surface area (TPSA) is 39.7 Å². The Kier molecular flexibility index (Phi) is 9.92. The molecular weight excluding hydrogens is 206 g/mol. The van der Waals surface area contributed by atoms with Gasteiger partial charge in [-0.1, -0.05) is 0 Å². The van der Waals surface area contributed by atoms with Crippen LogP contribution in [0.4, 0.5) is 0 Å². The molecule has 0 aliphatic heterocycles. The van der Waals surface area contributed by atoms with Crippen molar-refractivity contribution in [2.75, 3.05) is 33.5 Å². The molecule has 4 heteroatoms. The third-order valence-electron chi connectivity index (χ3n) is 2.00. The van der Waals surface area contributed by atoms with E-state index in [-0.39, 0.29) is 18.2 Å². The summed E-state index contributed by atoms with van der Waals surface area (Å²) in [6.45, 7) is 11.0. The molecule has 0 aromatic carbocycles. The summed E-state index contributed by atoms with van der Waals surface area (Å²) in [5.41, 5.74) is 0. The van der Waals surface area contributed by atoms with Crippen molar-refractivity contribution in [1.29, 1.82) is 0 Å². The lowest BCUT2D eigenvalue weighted by Crippen LogP contribution is -2.40. The van der Waals surface area contributed by atoms with Gasteiger partial charge < -0.3 is 19.5 Å². The molecule has 1 N–H and O–H groups in total. The summed E-state index contributed by atoms with van der Waals surface area (Å²) < 4.78 is 16.2. The highest BCUT2D eigenvalue weighted by Crippen LogP contribution is 1.96. The first kappa shape index (κ1) is 15.8. The first-order valence-electron chi connectivity index (χ1n) is 6.01. The van der Waals surface area contributed by atoms with E-state index in [0.29, 0.717) is 19.8 Å². The summed E-state index contributed by atoms with van der Waals surface area (Å²) in [4.78, 5) is 0. The van der Waals surface area contributed by atoms with Crippen molar-refractivity contribution >= 4 is 0 Å². The monoisotopic (exact) mass is 233 g/mol. The Hall–Kier alpha value is -0.160. The molecule has 0 spiro atoms. The van der Waals surface area contributed by atoms with E-state index in [4.69, 9.17) is 14.2 Å². The number of rotatable bonds is 10. The van der Waals surface area contributed by atoms with Gasteiger partial charge in [0.1, 0.15) is 0 Å². The predicted octanol–water partition coefficient (Wildman–Crippen LogP) is 1.44. The largest absolute Gasteiger partial charge is 0.383 e. The van der Waals surface area contributed by atoms with Crippen molar-refractivity contribution < 1.29 is 14.2 Å². The van der Waals surface area contributed by atoms with Crippen LogP contribution in [0.5, 0.6) is 0 Å². The normalized spacial score (nSPS) is 12.0. The summed E-state index contributed by atoms with van der Waals surface area (Å²) in [6, 6.07) is 0.236. The van der Waals surface area contributed by atoms with Crippen molar-refractivity contribution in [1.82, 2.24) is 5.32 Å². The zero-order valence-corrected chi connectivity index (χ0v) is 11.3. The number of nitrogens with one attached hydrogen (secondary N) is 1. The minimum Gasteiger partial charge on any atom is -0.383 e. The molecule has 4 nitrogen and oxygen atoms in total. The molecule has 16 heavy (non-hydrogen) atoms. The van der Waals surface area contributed by atoms with E-state index < -0.39 is 0 Å². The van der Waals surface area contributed by atoms with E-state index in [2.05, 4.69) is 5.32 Å². The Labute approximate surface area is 99.6 Å². The maximum atomic E-state index is 5.58.